The van der Waals surface area contributed by atoms with Gasteiger partial charge in [0.25, 0.3) is 0 Å². The minimum atomic E-state index is 0.236. The van der Waals surface area contributed by atoms with Crippen molar-refractivity contribution in [3.63, 3.8) is 0 Å². The van der Waals surface area contributed by atoms with Crippen LogP contribution in [0, 0.1) is 0 Å². The SMILES string of the molecule is Cn1ccnc1CCC(N)CC1CCCO1. The van der Waals surface area contributed by atoms with Gasteiger partial charge in [0.15, 0.2) is 0 Å². The molecule has 0 bridgehead atoms. The standard InChI is InChI=1S/C12H21N3O/c1-15-7-6-14-12(15)5-4-10(13)9-11-3-2-8-16-11/h6-7,10-11H,2-5,8-9,13H2,1H3. The second-order valence-corrected chi connectivity index (χ2v) is 4.62. The van der Waals surface area contributed by atoms with Gasteiger partial charge in [-0.25, -0.2) is 4.98 Å². The third kappa shape index (κ3) is 3.06. The smallest absolute Gasteiger partial charge is 0.108 e. The minimum absolute atomic E-state index is 0.236. The summed E-state index contributed by atoms with van der Waals surface area (Å²) in [7, 11) is 2.02. The molecule has 1 aromatic heterocycles. The highest BCUT2D eigenvalue weighted by atomic mass is 16.5. The van der Waals surface area contributed by atoms with Crippen molar-refractivity contribution < 1.29 is 4.74 Å². The topological polar surface area (TPSA) is 53.1 Å². The monoisotopic (exact) mass is 223 g/mol. The lowest BCUT2D eigenvalue weighted by molar-refractivity contribution is 0.0975. The summed E-state index contributed by atoms with van der Waals surface area (Å²) >= 11 is 0. The van der Waals surface area contributed by atoms with Crippen LogP contribution in [0.3, 0.4) is 0 Å². The maximum atomic E-state index is 6.10. The summed E-state index contributed by atoms with van der Waals surface area (Å²) in [5, 5.41) is 0. The van der Waals surface area contributed by atoms with Gasteiger partial charge < -0.3 is 15.0 Å². The molecule has 0 radical (unpaired) electrons. The van der Waals surface area contributed by atoms with E-state index in [1.807, 2.05) is 19.4 Å². The van der Waals surface area contributed by atoms with Crippen molar-refractivity contribution in [1.82, 2.24) is 9.55 Å². The Kier molecular flexibility index (Phi) is 3.96. The Labute approximate surface area is 96.8 Å². The number of hydrogen-bond acceptors (Lipinski definition) is 3. The van der Waals surface area contributed by atoms with Gasteiger partial charge in [-0.15, -0.1) is 0 Å². The van der Waals surface area contributed by atoms with Crippen molar-refractivity contribution in [2.75, 3.05) is 6.61 Å². The fourth-order valence-electron chi connectivity index (χ4n) is 2.24. The van der Waals surface area contributed by atoms with Crippen LogP contribution in [0.4, 0.5) is 0 Å². The molecule has 0 amide bonds. The predicted molar refractivity (Wildman–Crippen MR) is 63.1 cm³/mol. The van der Waals surface area contributed by atoms with Crippen molar-refractivity contribution in [1.29, 1.82) is 0 Å². The average molecular weight is 223 g/mol. The van der Waals surface area contributed by atoms with Crippen molar-refractivity contribution in [3.8, 4) is 0 Å². The molecule has 0 aromatic carbocycles. The molecule has 4 nitrogen and oxygen atoms in total. The fourth-order valence-corrected chi connectivity index (χ4v) is 2.24. The van der Waals surface area contributed by atoms with Crippen LogP contribution in [0.1, 0.15) is 31.5 Å². The summed E-state index contributed by atoms with van der Waals surface area (Å²) in [4.78, 5) is 4.30. The van der Waals surface area contributed by atoms with E-state index in [9.17, 15) is 0 Å². The second kappa shape index (κ2) is 5.46. The summed E-state index contributed by atoms with van der Waals surface area (Å²) in [5.41, 5.74) is 6.10. The molecular weight excluding hydrogens is 202 g/mol. The van der Waals surface area contributed by atoms with Crippen LogP contribution in [-0.2, 0) is 18.2 Å². The predicted octanol–water partition coefficient (Wildman–Crippen LogP) is 1.25. The van der Waals surface area contributed by atoms with E-state index >= 15 is 0 Å². The first-order valence-electron chi connectivity index (χ1n) is 6.09. The quantitative estimate of drug-likeness (QED) is 0.817. The summed E-state index contributed by atoms with van der Waals surface area (Å²) in [6, 6.07) is 0.236. The molecule has 2 N–H and O–H groups in total. The molecule has 2 rings (SSSR count). The van der Waals surface area contributed by atoms with E-state index in [1.54, 1.807) is 0 Å². The van der Waals surface area contributed by atoms with Crippen LogP contribution >= 0.6 is 0 Å². The first-order chi connectivity index (χ1) is 7.75. The number of nitrogens with zero attached hydrogens (tertiary/aromatic N) is 2. The Morgan fingerprint density at radius 1 is 1.69 bits per heavy atom. The van der Waals surface area contributed by atoms with Gasteiger partial charge in [0.1, 0.15) is 5.82 Å². The number of aromatic nitrogens is 2. The van der Waals surface area contributed by atoms with Gasteiger partial charge in [0.2, 0.25) is 0 Å². The van der Waals surface area contributed by atoms with E-state index in [-0.39, 0.29) is 6.04 Å². The highest BCUT2D eigenvalue weighted by Crippen LogP contribution is 2.17. The molecule has 90 valence electrons. The summed E-state index contributed by atoms with van der Waals surface area (Å²) in [5.74, 6) is 1.11. The lowest BCUT2D eigenvalue weighted by atomic mass is 10.0. The van der Waals surface area contributed by atoms with Crippen LogP contribution in [0.25, 0.3) is 0 Å². The number of imidazole rings is 1. The van der Waals surface area contributed by atoms with Crippen LogP contribution in [0.15, 0.2) is 12.4 Å². The van der Waals surface area contributed by atoms with Crippen molar-refractivity contribution in [2.24, 2.45) is 12.8 Å². The summed E-state index contributed by atoms with van der Waals surface area (Å²) in [6.45, 7) is 0.913. The number of hydrogen-bond donors (Lipinski definition) is 1. The van der Waals surface area contributed by atoms with Crippen LogP contribution in [0.2, 0.25) is 0 Å². The van der Waals surface area contributed by atoms with Gasteiger partial charge >= 0.3 is 0 Å². The van der Waals surface area contributed by atoms with E-state index in [2.05, 4.69) is 9.55 Å². The van der Waals surface area contributed by atoms with E-state index < -0.39 is 0 Å². The Bertz CT molecular complexity index is 318. The molecule has 16 heavy (non-hydrogen) atoms. The maximum absolute atomic E-state index is 6.10. The van der Waals surface area contributed by atoms with Crippen LogP contribution in [-0.4, -0.2) is 28.3 Å². The van der Waals surface area contributed by atoms with Crippen molar-refractivity contribution >= 4 is 0 Å². The molecule has 4 heteroatoms. The number of nitrogens with two attached hydrogens (primary N) is 1. The number of rotatable bonds is 5. The third-order valence-corrected chi connectivity index (χ3v) is 3.25. The van der Waals surface area contributed by atoms with E-state index in [1.165, 1.54) is 12.8 Å². The fraction of sp³-hybridized carbons (Fsp3) is 0.750. The highest BCUT2D eigenvalue weighted by molar-refractivity contribution is 4.92. The van der Waals surface area contributed by atoms with Gasteiger partial charge in [-0.05, 0) is 25.7 Å². The molecule has 2 atom stereocenters. The molecular formula is C12H21N3O. The van der Waals surface area contributed by atoms with E-state index in [4.69, 9.17) is 10.5 Å². The maximum Gasteiger partial charge on any atom is 0.108 e. The largest absolute Gasteiger partial charge is 0.378 e. The first-order valence-corrected chi connectivity index (χ1v) is 6.09. The molecule has 2 heterocycles. The van der Waals surface area contributed by atoms with E-state index in [0.717, 1.165) is 31.7 Å². The van der Waals surface area contributed by atoms with Gasteiger partial charge in [0, 0.05) is 38.5 Å². The second-order valence-electron chi connectivity index (χ2n) is 4.62. The summed E-state index contributed by atoms with van der Waals surface area (Å²) in [6.07, 6.45) is 9.51. The third-order valence-electron chi connectivity index (χ3n) is 3.25. The molecule has 0 aliphatic carbocycles. The number of aryl methyl sites for hydroxylation is 2. The molecule has 0 saturated carbocycles. The molecule has 1 fully saturated rings. The number of ether oxygens (including phenoxy) is 1. The van der Waals surface area contributed by atoms with Gasteiger partial charge in [-0.2, -0.15) is 0 Å². The molecule has 1 saturated heterocycles. The van der Waals surface area contributed by atoms with Crippen LogP contribution in [0.5, 0.6) is 0 Å². The summed E-state index contributed by atoms with van der Waals surface area (Å²) < 4.78 is 7.64. The molecule has 2 unspecified atom stereocenters. The Morgan fingerprint density at radius 2 is 2.56 bits per heavy atom. The lowest BCUT2D eigenvalue weighted by Crippen LogP contribution is -2.26. The zero-order valence-electron chi connectivity index (χ0n) is 9.93. The lowest BCUT2D eigenvalue weighted by Gasteiger charge is -2.15. The van der Waals surface area contributed by atoms with Crippen molar-refractivity contribution in [3.05, 3.63) is 18.2 Å². The van der Waals surface area contributed by atoms with Gasteiger partial charge in [-0.1, -0.05) is 0 Å². The van der Waals surface area contributed by atoms with Gasteiger partial charge in [0.05, 0.1) is 6.10 Å². The molecule has 1 aliphatic heterocycles. The zero-order chi connectivity index (χ0) is 11.4. The van der Waals surface area contributed by atoms with Crippen LogP contribution < -0.4 is 5.73 Å². The highest BCUT2D eigenvalue weighted by Gasteiger charge is 2.18. The Morgan fingerprint density at radius 3 is 3.19 bits per heavy atom. The van der Waals surface area contributed by atoms with Gasteiger partial charge in [-0.3, -0.25) is 0 Å². The molecule has 1 aliphatic rings. The molecule has 0 spiro atoms. The van der Waals surface area contributed by atoms with E-state index in [0.29, 0.717) is 6.10 Å². The minimum Gasteiger partial charge on any atom is -0.378 e. The Hall–Kier alpha value is -0.870. The normalized spacial score (nSPS) is 22.5. The first kappa shape index (κ1) is 11.6. The average Bonchev–Trinajstić information content (AvgIpc) is 2.87. The molecule has 1 aromatic rings. The van der Waals surface area contributed by atoms with Crippen molar-refractivity contribution in [2.45, 2.75) is 44.2 Å². The Balaban J connectivity index is 1.71. The zero-order valence-corrected chi connectivity index (χ0v) is 9.93.